The van der Waals surface area contributed by atoms with Crippen LogP contribution in [-0.4, -0.2) is 10.8 Å². The number of para-hydroxylation sites is 1. The molecule has 3 rings (SSSR count). The van der Waals surface area contributed by atoms with Crippen LogP contribution in [0.25, 0.3) is 17.4 Å². The monoisotopic (exact) mass is 461 g/mol. The molecule has 0 saturated carbocycles. The molecule has 11 heteroatoms. The molecule has 0 aliphatic heterocycles. The van der Waals surface area contributed by atoms with Gasteiger partial charge in [-0.25, -0.2) is 0 Å². The first-order chi connectivity index (χ1) is 15.1. The van der Waals surface area contributed by atoms with Gasteiger partial charge in [0.15, 0.2) is 0 Å². The van der Waals surface area contributed by atoms with Gasteiger partial charge in [0, 0.05) is 12.1 Å². The molecule has 2 aromatic carbocycles. The van der Waals surface area contributed by atoms with Crippen LogP contribution in [0.3, 0.4) is 0 Å². The predicted octanol–water partition coefficient (Wildman–Crippen LogP) is 6.07. The van der Waals surface area contributed by atoms with Crippen LogP contribution in [-0.2, 0) is 11.0 Å². The van der Waals surface area contributed by atoms with Crippen molar-refractivity contribution < 1.29 is 27.3 Å². The highest BCUT2D eigenvalue weighted by molar-refractivity contribution is 6.34. The number of nitro benzene ring substituents is 1. The van der Waals surface area contributed by atoms with E-state index in [4.69, 9.17) is 16.0 Å². The number of nitro groups is 1. The summed E-state index contributed by atoms with van der Waals surface area (Å²) in [7, 11) is 0. The average Bonchev–Trinajstić information content (AvgIpc) is 3.21. The summed E-state index contributed by atoms with van der Waals surface area (Å²) in [5.74, 6) is -0.862. The number of amides is 1. The van der Waals surface area contributed by atoms with E-state index < -0.39 is 28.1 Å². The molecular formula is C21H11ClF3N3O4. The Morgan fingerprint density at radius 1 is 1.19 bits per heavy atom. The minimum atomic E-state index is -4.65. The normalized spacial score (nSPS) is 11.7. The van der Waals surface area contributed by atoms with Gasteiger partial charge < -0.3 is 9.73 Å². The maximum atomic E-state index is 12.9. The van der Waals surface area contributed by atoms with Crippen molar-refractivity contribution in [2.45, 2.75) is 6.18 Å². The number of anilines is 1. The number of halogens is 4. The lowest BCUT2D eigenvalue weighted by atomic mass is 10.1. The van der Waals surface area contributed by atoms with Crippen molar-refractivity contribution in [3.05, 3.63) is 86.6 Å². The van der Waals surface area contributed by atoms with E-state index in [-0.39, 0.29) is 33.5 Å². The number of nitrogens with zero attached hydrogens (tertiary/aromatic N) is 2. The Morgan fingerprint density at radius 3 is 2.56 bits per heavy atom. The van der Waals surface area contributed by atoms with Gasteiger partial charge in [-0.05, 0) is 36.4 Å². The highest BCUT2D eigenvalue weighted by atomic mass is 35.5. The van der Waals surface area contributed by atoms with E-state index in [0.29, 0.717) is 6.07 Å². The molecule has 0 aliphatic rings. The maximum absolute atomic E-state index is 12.9. The summed E-state index contributed by atoms with van der Waals surface area (Å²) in [5.41, 5.74) is -1.85. The molecule has 0 atom stereocenters. The zero-order valence-electron chi connectivity index (χ0n) is 15.8. The molecule has 1 aromatic heterocycles. The zero-order chi connectivity index (χ0) is 23.5. The van der Waals surface area contributed by atoms with Gasteiger partial charge in [0.25, 0.3) is 11.6 Å². The molecule has 0 radical (unpaired) electrons. The van der Waals surface area contributed by atoms with Gasteiger partial charge in [-0.2, -0.15) is 18.4 Å². The van der Waals surface area contributed by atoms with Crippen LogP contribution < -0.4 is 5.32 Å². The molecular weight excluding hydrogens is 451 g/mol. The summed E-state index contributed by atoms with van der Waals surface area (Å²) in [5, 5.41) is 22.5. The van der Waals surface area contributed by atoms with Crippen LogP contribution in [0.4, 0.5) is 24.5 Å². The SMILES string of the molecule is N#C/C(=C\c1ccc(-c2ccccc2[N+](=O)[O-])o1)C(=O)Nc1cc(C(F)(F)F)ccc1Cl. The number of carbonyl (C=O) groups excluding carboxylic acids is 1. The Labute approximate surface area is 183 Å². The Hall–Kier alpha value is -4.10. The van der Waals surface area contributed by atoms with Crippen LogP contribution in [0.15, 0.2) is 64.6 Å². The summed E-state index contributed by atoms with van der Waals surface area (Å²) in [4.78, 5) is 23.0. The van der Waals surface area contributed by atoms with Crippen LogP contribution >= 0.6 is 11.6 Å². The first-order valence-electron chi connectivity index (χ1n) is 8.73. The third-order valence-electron chi connectivity index (χ3n) is 4.19. The molecule has 1 N–H and O–H groups in total. The van der Waals surface area contributed by atoms with Gasteiger partial charge in [-0.1, -0.05) is 23.7 Å². The Morgan fingerprint density at radius 2 is 1.91 bits per heavy atom. The molecule has 0 bridgehead atoms. The molecule has 0 saturated heterocycles. The number of nitriles is 1. The van der Waals surface area contributed by atoms with Gasteiger partial charge in [0.1, 0.15) is 23.2 Å². The van der Waals surface area contributed by atoms with Gasteiger partial charge in [0.05, 0.1) is 26.8 Å². The van der Waals surface area contributed by atoms with Gasteiger partial charge in [0.2, 0.25) is 0 Å². The van der Waals surface area contributed by atoms with E-state index in [2.05, 4.69) is 5.32 Å². The number of carbonyl (C=O) groups is 1. The number of rotatable bonds is 5. The fourth-order valence-electron chi connectivity index (χ4n) is 2.69. The largest absolute Gasteiger partial charge is 0.456 e. The lowest BCUT2D eigenvalue weighted by Gasteiger charge is -2.11. The van der Waals surface area contributed by atoms with E-state index >= 15 is 0 Å². The third-order valence-corrected chi connectivity index (χ3v) is 4.52. The summed E-state index contributed by atoms with van der Waals surface area (Å²) >= 11 is 5.85. The smallest absolute Gasteiger partial charge is 0.416 e. The van der Waals surface area contributed by atoms with Crippen molar-refractivity contribution in [1.29, 1.82) is 5.26 Å². The fraction of sp³-hybridized carbons (Fsp3) is 0.0476. The topological polar surface area (TPSA) is 109 Å². The van der Waals surface area contributed by atoms with Crippen molar-refractivity contribution >= 4 is 35.0 Å². The second-order valence-electron chi connectivity index (χ2n) is 6.29. The first kappa shape index (κ1) is 22.6. The molecule has 3 aromatic rings. The van der Waals surface area contributed by atoms with Crippen LogP contribution in [0.5, 0.6) is 0 Å². The van der Waals surface area contributed by atoms with Crippen molar-refractivity contribution in [2.75, 3.05) is 5.32 Å². The third kappa shape index (κ3) is 4.96. The van der Waals surface area contributed by atoms with Crippen molar-refractivity contribution in [1.82, 2.24) is 0 Å². The molecule has 0 spiro atoms. The number of furan rings is 1. The number of benzene rings is 2. The highest BCUT2D eigenvalue weighted by Gasteiger charge is 2.31. The lowest BCUT2D eigenvalue weighted by Crippen LogP contribution is -2.15. The van der Waals surface area contributed by atoms with E-state index in [0.717, 1.165) is 18.2 Å². The predicted molar refractivity (Wildman–Crippen MR) is 109 cm³/mol. The van der Waals surface area contributed by atoms with Crippen molar-refractivity contribution in [3.8, 4) is 17.4 Å². The maximum Gasteiger partial charge on any atom is 0.416 e. The minimum absolute atomic E-state index is 0.0278. The fourth-order valence-corrected chi connectivity index (χ4v) is 2.86. The molecule has 1 amide bonds. The first-order valence-corrected chi connectivity index (χ1v) is 9.11. The Bertz CT molecular complexity index is 1280. The summed E-state index contributed by atoms with van der Waals surface area (Å²) in [6, 6.07) is 12.6. The van der Waals surface area contributed by atoms with Crippen molar-refractivity contribution in [2.24, 2.45) is 0 Å². The highest BCUT2D eigenvalue weighted by Crippen LogP contribution is 2.34. The van der Waals surface area contributed by atoms with E-state index in [9.17, 15) is 33.3 Å². The van der Waals surface area contributed by atoms with Crippen LogP contribution in [0.1, 0.15) is 11.3 Å². The molecule has 0 unspecified atom stereocenters. The molecule has 162 valence electrons. The zero-order valence-corrected chi connectivity index (χ0v) is 16.6. The second-order valence-corrected chi connectivity index (χ2v) is 6.70. The number of hydrogen-bond donors (Lipinski definition) is 1. The number of nitrogens with one attached hydrogen (secondary N) is 1. The number of hydrogen-bond acceptors (Lipinski definition) is 5. The second kappa shape index (κ2) is 8.95. The lowest BCUT2D eigenvalue weighted by molar-refractivity contribution is -0.384. The molecule has 0 fully saturated rings. The summed E-state index contributed by atoms with van der Waals surface area (Å²) in [6.45, 7) is 0. The van der Waals surface area contributed by atoms with E-state index in [1.165, 1.54) is 30.3 Å². The van der Waals surface area contributed by atoms with Gasteiger partial charge >= 0.3 is 6.18 Å². The minimum Gasteiger partial charge on any atom is -0.456 e. The quantitative estimate of drug-likeness (QED) is 0.214. The van der Waals surface area contributed by atoms with E-state index in [1.807, 2.05) is 0 Å². The van der Waals surface area contributed by atoms with Gasteiger partial charge in [-0.3, -0.25) is 14.9 Å². The molecule has 0 aliphatic carbocycles. The summed E-state index contributed by atoms with van der Waals surface area (Å²) in [6.07, 6.45) is -3.60. The van der Waals surface area contributed by atoms with Crippen LogP contribution in [0.2, 0.25) is 5.02 Å². The Kier molecular flexibility index (Phi) is 6.32. The molecule has 32 heavy (non-hydrogen) atoms. The van der Waals surface area contributed by atoms with E-state index in [1.54, 1.807) is 12.1 Å². The number of alkyl halides is 3. The van der Waals surface area contributed by atoms with Gasteiger partial charge in [-0.15, -0.1) is 0 Å². The Balaban J connectivity index is 1.88. The standard InChI is InChI=1S/C21H11ClF3N3O4/c22-16-7-5-13(21(23,24)25)10-17(16)27-20(29)12(11-26)9-14-6-8-19(32-14)15-3-1-2-4-18(15)28(30)31/h1-10H,(H,27,29)/b12-9+. The van der Waals surface area contributed by atoms with Crippen LogP contribution in [0, 0.1) is 21.4 Å². The van der Waals surface area contributed by atoms with Crippen molar-refractivity contribution in [3.63, 3.8) is 0 Å². The molecule has 7 nitrogen and oxygen atoms in total. The average molecular weight is 462 g/mol. The molecule has 1 heterocycles. The summed E-state index contributed by atoms with van der Waals surface area (Å²) < 4.78 is 44.2.